The van der Waals surface area contributed by atoms with Gasteiger partial charge in [0, 0.05) is 29.7 Å². The second-order valence-electron chi connectivity index (χ2n) is 4.36. The van der Waals surface area contributed by atoms with Crippen LogP contribution in [0.15, 0.2) is 23.1 Å². The van der Waals surface area contributed by atoms with E-state index in [9.17, 15) is 13.6 Å². The number of carbonyl (C=O) groups is 1. The summed E-state index contributed by atoms with van der Waals surface area (Å²) in [6.45, 7) is 1.99. The molecule has 1 aromatic carbocycles. The molecule has 0 aromatic heterocycles. The highest BCUT2D eigenvalue weighted by molar-refractivity contribution is 7.99. The van der Waals surface area contributed by atoms with Crippen LogP contribution < -0.4 is 5.32 Å². The number of thioether (sulfide) groups is 1. The van der Waals surface area contributed by atoms with Crippen molar-refractivity contribution >= 4 is 17.7 Å². The number of carbonyl (C=O) groups excluding carboxylic acids is 1. The lowest BCUT2D eigenvalue weighted by Crippen LogP contribution is -2.35. The van der Waals surface area contributed by atoms with Gasteiger partial charge < -0.3 is 10.4 Å². The molecule has 1 atom stereocenters. The summed E-state index contributed by atoms with van der Waals surface area (Å²) in [5, 5.41) is 11.7. The van der Waals surface area contributed by atoms with E-state index >= 15 is 0 Å². The molecule has 2 N–H and O–H groups in total. The van der Waals surface area contributed by atoms with Gasteiger partial charge in [-0.25, -0.2) is 8.78 Å². The Morgan fingerprint density at radius 1 is 1.40 bits per heavy atom. The zero-order chi connectivity index (χ0) is 15.0. The number of rotatable bonds is 8. The summed E-state index contributed by atoms with van der Waals surface area (Å²) in [4.78, 5) is 12.3. The molecule has 0 fully saturated rings. The molecule has 0 aliphatic heterocycles. The summed E-state index contributed by atoms with van der Waals surface area (Å²) in [6.07, 6.45) is 1.60. The predicted molar refractivity (Wildman–Crippen MR) is 75.6 cm³/mol. The van der Waals surface area contributed by atoms with Crippen LogP contribution in [0.5, 0.6) is 0 Å². The Balaban J connectivity index is 2.32. The zero-order valence-electron chi connectivity index (χ0n) is 11.4. The van der Waals surface area contributed by atoms with Gasteiger partial charge in [0.05, 0.1) is 0 Å². The molecular formula is C14H19F2NO2S. The number of benzene rings is 1. The van der Waals surface area contributed by atoms with Gasteiger partial charge in [-0.1, -0.05) is 6.92 Å². The molecule has 6 heteroatoms. The molecule has 0 radical (unpaired) electrons. The van der Waals surface area contributed by atoms with Crippen LogP contribution in [-0.4, -0.2) is 29.4 Å². The minimum atomic E-state index is -0.881. The molecule has 0 saturated heterocycles. The van der Waals surface area contributed by atoms with Crippen molar-refractivity contribution in [3.63, 3.8) is 0 Å². The largest absolute Gasteiger partial charge is 0.396 e. The first-order valence-electron chi connectivity index (χ1n) is 6.54. The molecule has 0 aliphatic rings. The number of aliphatic hydroxyl groups is 1. The van der Waals surface area contributed by atoms with Crippen LogP contribution in [0.25, 0.3) is 0 Å². The quantitative estimate of drug-likeness (QED) is 0.726. The van der Waals surface area contributed by atoms with Crippen LogP contribution in [-0.2, 0) is 4.79 Å². The minimum absolute atomic E-state index is 0.0132. The molecule has 1 unspecified atom stereocenters. The van der Waals surface area contributed by atoms with Gasteiger partial charge in [-0.05, 0) is 31.0 Å². The van der Waals surface area contributed by atoms with E-state index < -0.39 is 11.6 Å². The fraction of sp³-hybridized carbons (Fsp3) is 0.500. The van der Waals surface area contributed by atoms with Crippen molar-refractivity contribution in [2.75, 3.05) is 12.4 Å². The molecule has 1 aromatic rings. The maximum Gasteiger partial charge on any atom is 0.221 e. The molecular weight excluding hydrogens is 284 g/mol. The number of halogens is 2. The Hall–Kier alpha value is -1.14. The molecule has 0 saturated carbocycles. The van der Waals surface area contributed by atoms with Crippen LogP contribution in [0, 0.1) is 11.6 Å². The molecule has 112 valence electrons. The van der Waals surface area contributed by atoms with Gasteiger partial charge in [0.2, 0.25) is 5.91 Å². The van der Waals surface area contributed by atoms with E-state index in [1.807, 2.05) is 6.92 Å². The van der Waals surface area contributed by atoms with E-state index in [-0.39, 0.29) is 18.6 Å². The first kappa shape index (κ1) is 16.9. The highest BCUT2D eigenvalue weighted by Gasteiger charge is 2.10. The maximum absolute atomic E-state index is 13.0. The zero-order valence-corrected chi connectivity index (χ0v) is 12.2. The Labute approximate surface area is 121 Å². The third-order valence-corrected chi connectivity index (χ3v) is 3.82. The molecule has 1 rings (SSSR count). The monoisotopic (exact) mass is 303 g/mol. The van der Waals surface area contributed by atoms with Crippen molar-refractivity contribution in [2.45, 2.75) is 37.1 Å². The SMILES string of the molecule is CCC(CCO)NC(=O)CCSc1ccc(F)c(F)c1. The average Bonchev–Trinajstić information content (AvgIpc) is 2.42. The summed E-state index contributed by atoms with van der Waals surface area (Å²) in [5.74, 6) is -1.36. The van der Waals surface area contributed by atoms with E-state index in [4.69, 9.17) is 5.11 Å². The summed E-state index contributed by atoms with van der Waals surface area (Å²) in [5.41, 5.74) is 0. The van der Waals surface area contributed by atoms with Crippen molar-refractivity contribution in [3.05, 3.63) is 29.8 Å². The van der Waals surface area contributed by atoms with Crippen LogP contribution in [0.4, 0.5) is 8.78 Å². The Morgan fingerprint density at radius 2 is 2.15 bits per heavy atom. The Bertz CT molecular complexity index is 443. The normalized spacial score (nSPS) is 12.2. The Morgan fingerprint density at radius 3 is 2.75 bits per heavy atom. The molecule has 1 amide bonds. The second-order valence-corrected chi connectivity index (χ2v) is 5.53. The smallest absolute Gasteiger partial charge is 0.221 e. The minimum Gasteiger partial charge on any atom is -0.396 e. The van der Waals surface area contributed by atoms with Crippen molar-refractivity contribution in [2.24, 2.45) is 0 Å². The van der Waals surface area contributed by atoms with Crippen molar-refractivity contribution in [1.29, 1.82) is 0 Å². The van der Waals surface area contributed by atoms with E-state index in [2.05, 4.69) is 5.32 Å². The maximum atomic E-state index is 13.0. The molecule has 3 nitrogen and oxygen atoms in total. The van der Waals surface area contributed by atoms with Gasteiger partial charge in [0.15, 0.2) is 11.6 Å². The number of hydrogen-bond acceptors (Lipinski definition) is 3. The first-order chi connectivity index (χ1) is 9.56. The number of aliphatic hydroxyl groups excluding tert-OH is 1. The van der Waals surface area contributed by atoms with Gasteiger partial charge in [-0.2, -0.15) is 0 Å². The van der Waals surface area contributed by atoms with Gasteiger partial charge >= 0.3 is 0 Å². The summed E-state index contributed by atoms with van der Waals surface area (Å²) >= 11 is 1.30. The van der Waals surface area contributed by atoms with Crippen LogP contribution in [0.2, 0.25) is 0 Å². The second kappa shape index (κ2) is 8.92. The van der Waals surface area contributed by atoms with E-state index in [0.29, 0.717) is 23.5 Å². The lowest BCUT2D eigenvalue weighted by atomic mass is 10.1. The highest BCUT2D eigenvalue weighted by Crippen LogP contribution is 2.21. The van der Waals surface area contributed by atoms with Crippen LogP contribution in [0.3, 0.4) is 0 Å². The van der Waals surface area contributed by atoms with Crippen molar-refractivity contribution in [1.82, 2.24) is 5.32 Å². The first-order valence-corrected chi connectivity index (χ1v) is 7.53. The van der Waals surface area contributed by atoms with Gasteiger partial charge in [0.25, 0.3) is 0 Å². The predicted octanol–water partition coefficient (Wildman–Crippen LogP) is 2.72. The molecule has 0 aliphatic carbocycles. The van der Waals surface area contributed by atoms with Crippen LogP contribution in [0.1, 0.15) is 26.2 Å². The standard InChI is InChI=1S/C14H19F2NO2S/c1-2-10(5-7-18)17-14(19)6-8-20-11-3-4-12(15)13(16)9-11/h3-4,9-10,18H,2,5-8H2,1H3,(H,17,19). The van der Waals surface area contributed by atoms with Crippen molar-refractivity contribution in [3.8, 4) is 0 Å². The Kier molecular flexibility index (Phi) is 7.54. The van der Waals surface area contributed by atoms with E-state index in [1.165, 1.54) is 17.8 Å². The molecule has 0 bridgehead atoms. The number of nitrogens with one attached hydrogen (secondary N) is 1. The number of amides is 1. The number of hydrogen-bond donors (Lipinski definition) is 2. The third-order valence-electron chi connectivity index (χ3n) is 2.82. The van der Waals surface area contributed by atoms with Crippen LogP contribution >= 0.6 is 11.8 Å². The molecule has 0 spiro atoms. The van der Waals surface area contributed by atoms with E-state index in [0.717, 1.165) is 18.6 Å². The molecule has 20 heavy (non-hydrogen) atoms. The fourth-order valence-electron chi connectivity index (χ4n) is 1.66. The highest BCUT2D eigenvalue weighted by atomic mass is 32.2. The summed E-state index contributed by atoms with van der Waals surface area (Å²) in [7, 11) is 0. The lowest BCUT2D eigenvalue weighted by molar-refractivity contribution is -0.121. The van der Waals surface area contributed by atoms with Gasteiger partial charge in [0.1, 0.15) is 0 Å². The van der Waals surface area contributed by atoms with E-state index in [1.54, 1.807) is 0 Å². The third kappa shape index (κ3) is 5.88. The van der Waals surface area contributed by atoms with Gasteiger partial charge in [-0.3, -0.25) is 4.79 Å². The summed E-state index contributed by atoms with van der Waals surface area (Å²) < 4.78 is 25.7. The fourth-order valence-corrected chi connectivity index (χ4v) is 2.54. The average molecular weight is 303 g/mol. The summed E-state index contributed by atoms with van der Waals surface area (Å²) in [6, 6.07) is 3.67. The van der Waals surface area contributed by atoms with Crippen molar-refractivity contribution < 1.29 is 18.7 Å². The molecule has 0 heterocycles. The van der Waals surface area contributed by atoms with Gasteiger partial charge in [-0.15, -0.1) is 11.8 Å². The topological polar surface area (TPSA) is 49.3 Å². The lowest BCUT2D eigenvalue weighted by Gasteiger charge is -2.15.